The summed E-state index contributed by atoms with van der Waals surface area (Å²) in [5.74, 6) is 0. The number of phosphoric acid groups is 1. The first kappa shape index (κ1) is 27.4. The molecule has 0 aromatic heterocycles. The molecule has 0 bridgehead atoms. The number of hydrogen-bond acceptors (Lipinski definition) is 4. The Hall–Kier alpha value is -2.23. The topological polar surface area (TPSA) is 44.8 Å². The summed E-state index contributed by atoms with van der Waals surface area (Å²) in [5, 5.41) is 0. The summed E-state index contributed by atoms with van der Waals surface area (Å²) >= 11 is 0. The minimum atomic E-state index is -3.97. The Bertz CT molecular complexity index is 878. The minimum Gasteiger partial charge on any atom is -0.279 e. The molecule has 35 heavy (non-hydrogen) atoms. The molecule has 0 spiro atoms. The summed E-state index contributed by atoms with van der Waals surface area (Å²) in [6.45, 7) is 6.29. The molecular weight excluding hydrogens is 455 g/mol. The number of phosphoric ester groups is 1. The molecule has 0 fully saturated rings. The van der Waals surface area contributed by atoms with Crippen molar-refractivity contribution in [3.8, 4) is 0 Å². The van der Waals surface area contributed by atoms with Gasteiger partial charge in [-0.1, -0.05) is 131 Å². The fourth-order valence-electron chi connectivity index (χ4n) is 4.17. The summed E-state index contributed by atoms with van der Waals surface area (Å²) < 4.78 is 33.6. The molecule has 3 aromatic carbocycles. The maximum atomic E-state index is 14.5. The Morgan fingerprint density at radius 3 is 1.00 bits per heavy atom. The van der Waals surface area contributed by atoms with Gasteiger partial charge in [-0.3, -0.25) is 13.6 Å². The Morgan fingerprint density at radius 2 is 0.771 bits per heavy atom. The highest BCUT2D eigenvalue weighted by Crippen LogP contribution is 2.60. The molecule has 5 heteroatoms. The van der Waals surface area contributed by atoms with Crippen molar-refractivity contribution in [1.82, 2.24) is 0 Å². The number of hydrogen-bond donors (Lipinski definition) is 0. The van der Waals surface area contributed by atoms with Crippen LogP contribution >= 0.6 is 7.82 Å². The van der Waals surface area contributed by atoms with Gasteiger partial charge in [-0.25, -0.2) is 4.57 Å². The van der Waals surface area contributed by atoms with Crippen LogP contribution in [0.15, 0.2) is 91.0 Å². The second kappa shape index (κ2) is 14.4. The van der Waals surface area contributed by atoms with Gasteiger partial charge in [-0.05, 0) is 36.0 Å². The van der Waals surface area contributed by atoms with Gasteiger partial charge in [-0.2, -0.15) is 0 Å². The number of benzene rings is 3. The second-order valence-electron chi connectivity index (χ2n) is 8.83. The Balaban J connectivity index is 1.97. The molecule has 3 aromatic rings. The lowest BCUT2D eigenvalue weighted by atomic mass is 10.1. The molecule has 0 saturated carbocycles. The highest BCUT2D eigenvalue weighted by atomic mass is 31.2. The van der Waals surface area contributed by atoms with Crippen LogP contribution in [0.1, 0.15) is 94.3 Å². The van der Waals surface area contributed by atoms with E-state index in [-0.39, 0.29) is 18.3 Å². The Labute approximate surface area is 211 Å². The van der Waals surface area contributed by atoms with E-state index in [0.717, 1.165) is 36.0 Å². The van der Waals surface area contributed by atoms with Crippen LogP contribution in [0.4, 0.5) is 0 Å². The standard InChI is InChI=1S/C30H39O4P/c1-4-16-28(25-19-10-7-11-20-25)32-35(31,33-29(17-5-2)26-21-12-8-13-22-26)34-30(18-6-3)27-23-14-9-15-24-27/h7-15,19-24,28-30H,4-6,16-18H2,1-3H3. The molecule has 0 heterocycles. The van der Waals surface area contributed by atoms with Crippen LogP contribution in [-0.2, 0) is 18.1 Å². The molecule has 188 valence electrons. The first-order valence-corrected chi connectivity index (χ1v) is 14.3. The highest BCUT2D eigenvalue weighted by Gasteiger charge is 2.37. The van der Waals surface area contributed by atoms with E-state index in [1.54, 1.807) is 0 Å². The lowest BCUT2D eigenvalue weighted by Gasteiger charge is -2.30. The van der Waals surface area contributed by atoms with Gasteiger partial charge in [0.1, 0.15) is 0 Å². The van der Waals surface area contributed by atoms with Crippen LogP contribution in [0, 0.1) is 0 Å². The maximum Gasteiger partial charge on any atom is 0.476 e. The summed E-state index contributed by atoms with van der Waals surface area (Å²) in [4.78, 5) is 0. The smallest absolute Gasteiger partial charge is 0.279 e. The molecule has 0 N–H and O–H groups in total. The zero-order valence-electron chi connectivity index (χ0n) is 21.2. The molecule has 0 aliphatic heterocycles. The van der Waals surface area contributed by atoms with E-state index < -0.39 is 7.82 Å². The predicted octanol–water partition coefficient (Wildman–Crippen LogP) is 9.77. The van der Waals surface area contributed by atoms with Gasteiger partial charge in [0.05, 0.1) is 18.3 Å². The van der Waals surface area contributed by atoms with Gasteiger partial charge in [0.25, 0.3) is 0 Å². The van der Waals surface area contributed by atoms with E-state index >= 15 is 0 Å². The molecule has 0 aliphatic carbocycles. The molecule has 3 atom stereocenters. The van der Waals surface area contributed by atoms with E-state index in [0.29, 0.717) is 19.3 Å². The molecule has 3 rings (SSSR count). The van der Waals surface area contributed by atoms with Crippen molar-refractivity contribution in [3.05, 3.63) is 108 Å². The van der Waals surface area contributed by atoms with Gasteiger partial charge in [0.15, 0.2) is 0 Å². The Morgan fingerprint density at radius 1 is 0.514 bits per heavy atom. The summed E-state index contributed by atoms with van der Waals surface area (Å²) in [6.07, 6.45) is 3.64. The third kappa shape index (κ3) is 8.44. The first-order chi connectivity index (χ1) is 17.1. The highest BCUT2D eigenvalue weighted by molar-refractivity contribution is 7.48. The lowest BCUT2D eigenvalue weighted by Crippen LogP contribution is -2.13. The number of rotatable bonds is 15. The van der Waals surface area contributed by atoms with Crippen molar-refractivity contribution in [3.63, 3.8) is 0 Å². The van der Waals surface area contributed by atoms with Gasteiger partial charge >= 0.3 is 7.82 Å². The molecule has 4 nitrogen and oxygen atoms in total. The van der Waals surface area contributed by atoms with Crippen LogP contribution < -0.4 is 0 Å². The van der Waals surface area contributed by atoms with Crippen molar-refractivity contribution in [2.75, 3.05) is 0 Å². The summed E-state index contributed by atoms with van der Waals surface area (Å²) in [6, 6.07) is 29.8. The molecular formula is C30H39O4P. The SMILES string of the molecule is CCCC(OP(=O)(OC(CCC)c1ccccc1)OC(CCC)c1ccccc1)c1ccccc1. The quantitative estimate of drug-likeness (QED) is 0.197. The van der Waals surface area contributed by atoms with Crippen molar-refractivity contribution >= 4 is 7.82 Å². The van der Waals surface area contributed by atoms with Gasteiger partial charge in [0.2, 0.25) is 0 Å². The average Bonchev–Trinajstić information content (AvgIpc) is 2.89. The van der Waals surface area contributed by atoms with Crippen molar-refractivity contribution in [1.29, 1.82) is 0 Å². The third-order valence-corrected chi connectivity index (χ3v) is 7.47. The zero-order chi connectivity index (χ0) is 24.9. The van der Waals surface area contributed by atoms with Gasteiger partial charge < -0.3 is 0 Å². The predicted molar refractivity (Wildman–Crippen MR) is 143 cm³/mol. The Kier molecular flexibility index (Phi) is 11.2. The van der Waals surface area contributed by atoms with Crippen molar-refractivity contribution in [2.24, 2.45) is 0 Å². The van der Waals surface area contributed by atoms with Crippen molar-refractivity contribution < 1.29 is 18.1 Å². The van der Waals surface area contributed by atoms with Crippen LogP contribution in [0.3, 0.4) is 0 Å². The van der Waals surface area contributed by atoms with Gasteiger partial charge in [0, 0.05) is 0 Å². The van der Waals surface area contributed by atoms with Crippen LogP contribution in [-0.4, -0.2) is 0 Å². The van der Waals surface area contributed by atoms with Crippen LogP contribution in [0.2, 0.25) is 0 Å². The largest absolute Gasteiger partial charge is 0.476 e. The third-order valence-electron chi connectivity index (χ3n) is 5.94. The van der Waals surface area contributed by atoms with Crippen LogP contribution in [0.25, 0.3) is 0 Å². The first-order valence-electron chi connectivity index (χ1n) is 12.9. The van der Waals surface area contributed by atoms with E-state index in [4.69, 9.17) is 13.6 Å². The van der Waals surface area contributed by atoms with Crippen molar-refractivity contribution in [2.45, 2.75) is 77.6 Å². The summed E-state index contributed by atoms with van der Waals surface area (Å²) in [7, 11) is -3.97. The fourth-order valence-corrected chi connectivity index (χ4v) is 5.94. The average molecular weight is 495 g/mol. The zero-order valence-corrected chi connectivity index (χ0v) is 22.1. The van der Waals surface area contributed by atoms with Crippen LogP contribution in [0.5, 0.6) is 0 Å². The second-order valence-corrected chi connectivity index (χ2v) is 10.4. The monoisotopic (exact) mass is 494 g/mol. The van der Waals surface area contributed by atoms with E-state index in [1.165, 1.54) is 0 Å². The molecule has 0 amide bonds. The van der Waals surface area contributed by atoms with E-state index in [1.807, 2.05) is 91.0 Å². The molecule has 0 radical (unpaired) electrons. The normalized spacial score (nSPS) is 15.7. The molecule has 0 saturated heterocycles. The fraction of sp³-hybridized carbons (Fsp3) is 0.400. The lowest BCUT2D eigenvalue weighted by molar-refractivity contribution is 0.0225. The molecule has 3 unspecified atom stereocenters. The van der Waals surface area contributed by atoms with E-state index in [2.05, 4.69) is 20.8 Å². The van der Waals surface area contributed by atoms with Gasteiger partial charge in [-0.15, -0.1) is 0 Å². The molecule has 0 aliphatic rings. The minimum absolute atomic E-state index is 0.386. The summed E-state index contributed by atoms with van der Waals surface area (Å²) in [5.41, 5.74) is 2.92. The maximum absolute atomic E-state index is 14.5. The van der Waals surface area contributed by atoms with E-state index in [9.17, 15) is 4.57 Å².